The molecule has 9 nitrogen and oxygen atoms in total. The van der Waals surface area contributed by atoms with Gasteiger partial charge in [0.05, 0.1) is 24.7 Å². The molecule has 3 rings (SSSR count). The molecule has 2 aromatic carbocycles. The molecule has 1 aliphatic rings. The fraction of sp³-hybridized carbons (Fsp3) is 0.300. The number of para-hydroxylation sites is 1. The molecule has 1 fully saturated rings. The number of carbonyl (C=O) groups excluding carboxylic acids is 2. The highest BCUT2D eigenvalue weighted by molar-refractivity contribution is 7.89. The summed E-state index contributed by atoms with van der Waals surface area (Å²) < 4.78 is 36.9. The van der Waals surface area contributed by atoms with E-state index in [9.17, 15) is 18.0 Å². The number of hydrogen-bond acceptors (Lipinski definition) is 6. The number of amides is 2. The molecule has 0 bridgehead atoms. The maximum atomic E-state index is 12.5. The van der Waals surface area contributed by atoms with Crippen molar-refractivity contribution in [3.05, 3.63) is 53.6 Å². The van der Waals surface area contributed by atoms with E-state index in [-0.39, 0.29) is 21.8 Å². The van der Waals surface area contributed by atoms with Gasteiger partial charge in [-0.1, -0.05) is 6.07 Å². The second-order valence-corrected chi connectivity index (χ2v) is 8.52. The lowest BCUT2D eigenvalue weighted by Gasteiger charge is -2.15. The Labute approximate surface area is 175 Å². The normalized spacial score (nSPS) is 14.2. The predicted octanol–water partition coefficient (Wildman–Crippen LogP) is 1.56. The van der Waals surface area contributed by atoms with Crippen molar-refractivity contribution in [1.82, 2.24) is 15.2 Å². The Morgan fingerprint density at radius 2 is 1.53 bits per heavy atom. The lowest BCUT2D eigenvalue weighted by Crippen LogP contribution is -2.41. The number of benzene rings is 2. The first-order valence-corrected chi connectivity index (χ1v) is 10.7. The zero-order chi connectivity index (χ0) is 21.7. The minimum absolute atomic E-state index is 0.131. The number of nitrogens with zero attached hydrogens (tertiary/aromatic N) is 1. The molecule has 1 aliphatic heterocycles. The molecule has 30 heavy (non-hydrogen) atoms. The van der Waals surface area contributed by atoms with Crippen molar-refractivity contribution in [1.29, 1.82) is 0 Å². The van der Waals surface area contributed by atoms with Crippen molar-refractivity contribution in [2.75, 3.05) is 27.3 Å². The molecule has 2 aromatic rings. The second kappa shape index (κ2) is 9.14. The van der Waals surface area contributed by atoms with Gasteiger partial charge in [-0.15, -0.1) is 0 Å². The predicted molar refractivity (Wildman–Crippen MR) is 109 cm³/mol. The molecule has 0 radical (unpaired) electrons. The highest BCUT2D eigenvalue weighted by Crippen LogP contribution is 2.30. The van der Waals surface area contributed by atoms with Crippen molar-refractivity contribution in [2.24, 2.45) is 0 Å². The summed E-state index contributed by atoms with van der Waals surface area (Å²) in [6.45, 7) is 1.01. The van der Waals surface area contributed by atoms with Crippen LogP contribution in [-0.2, 0) is 10.0 Å². The first kappa shape index (κ1) is 21.6. The van der Waals surface area contributed by atoms with Gasteiger partial charge in [-0.3, -0.25) is 20.4 Å². The van der Waals surface area contributed by atoms with Crippen LogP contribution in [0.15, 0.2) is 47.4 Å². The lowest BCUT2D eigenvalue weighted by atomic mass is 10.1. The number of rotatable bonds is 6. The van der Waals surface area contributed by atoms with Crippen LogP contribution in [0.4, 0.5) is 0 Å². The van der Waals surface area contributed by atoms with Gasteiger partial charge in [0.2, 0.25) is 10.0 Å². The summed E-state index contributed by atoms with van der Waals surface area (Å²) in [4.78, 5) is 24.9. The molecule has 10 heteroatoms. The van der Waals surface area contributed by atoms with Crippen LogP contribution in [-0.4, -0.2) is 51.8 Å². The fourth-order valence-corrected chi connectivity index (χ4v) is 4.69. The summed E-state index contributed by atoms with van der Waals surface area (Å²) in [7, 11) is -0.690. The minimum atomic E-state index is -3.55. The molecule has 0 saturated carbocycles. The Kier molecular flexibility index (Phi) is 6.58. The SMILES string of the molecule is COc1cccc(C(=O)NNC(=O)c2ccc(S(=O)(=O)N3CCCC3)cc2)c1OC. The maximum absolute atomic E-state index is 12.5. The maximum Gasteiger partial charge on any atom is 0.273 e. The van der Waals surface area contributed by atoms with Gasteiger partial charge in [-0.25, -0.2) is 8.42 Å². The van der Waals surface area contributed by atoms with E-state index >= 15 is 0 Å². The van der Waals surface area contributed by atoms with E-state index in [1.807, 2.05) is 0 Å². The molecular weight excluding hydrogens is 410 g/mol. The topological polar surface area (TPSA) is 114 Å². The van der Waals surface area contributed by atoms with Crippen molar-refractivity contribution >= 4 is 21.8 Å². The summed E-state index contributed by atoms with van der Waals surface area (Å²) >= 11 is 0. The number of sulfonamides is 1. The third-order valence-electron chi connectivity index (χ3n) is 4.76. The van der Waals surface area contributed by atoms with Crippen LogP contribution in [0.3, 0.4) is 0 Å². The molecule has 0 spiro atoms. The summed E-state index contributed by atoms with van der Waals surface area (Å²) in [6, 6.07) is 10.4. The zero-order valence-corrected chi connectivity index (χ0v) is 17.5. The van der Waals surface area contributed by atoms with E-state index in [0.29, 0.717) is 18.8 Å². The molecular formula is C20H23N3O6S. The molecule has 0 aromatic heterocycles. The molecule has 0 atom stereocenters. The van der Waals surface area contributed by atoms with Crippen molar-refractivity contribution in [3.63, 3.8) is 0 Å². The molecule has 2 N–H and O–H groups in total. The van der Waals surface area contributed by atoms with Crippen LogP contribution in [0.1, 0.15) is 33.6 Å². The Balaban J connectivity index is 1.66. The van der Waals surface area contributed by atoms with E-state index in [2.05, 4.69) is 10.9 Å². The first-order chi connectivity index (χ1) is 14.4. The largest absolute Gasteiger partial charge is 0.493 e. The van der Waals surface area contributed by atoms with E-state index in [1.165, 1.54) is 48.9 Å². The molecule has 2 amide bonds. The molecule has 0 unspecified atom stereocenters. The van der Waals surface area contributed by atoms with E-state index < -0.39 is 21.8 Å². The number of ether oxygens (including phenoxy) is 2. The minimum Gasteiger partial charge on any atom is -0.493 e. The van der Waals surface area contributed by atoms with Crippen LogP contribution in [0, 0.1) is 0 Å². The third kappa shape index (κ3) is 4.39. The van der Waals surface area contributed by atoms with Gasteiger partial charge in [-0.05, 0) is 49.2 Å². The van der Waals surface area contributed by atoms with Gasteiger partial charge in [-0.2, -0.15) is 4.31 Å². The zero-order valence-electron chi connectivity index (χ0n) is 16.7. The fourth-order valence-electron chi connectivity index (χ4n) is 3.17. The van der Waals surface area contributed by atoms with Crippen LogP contribution < -0.4 is 20.3 Å². The lowest BCUT2D eigenvalue weighted by molar-refractivity contribution is 0.0844. The third-order valence-corrected chi connectivity index (χ3v) is 6.67. The van der Waals surface area contributed by atoms with Crippen molar-refractivity contribution in [3.8, 4) is 11.5 Å². The van der Waals surface area contributed by atoms with Crippen LogP contribution in [0.2, 0.25) is 0 Å². The summed E-state index contributed by atoms with van der Waals surface area (Å²) in [5, 5.41) is 0. The first-order valence-electron chi connectivity index (χ1n) is 9.30. The number of methoxy groups -OCH3 is 2. The Hall–Kier alpha value is -3.11. The average Bonchev–Trinajstić information content (AvgIpc) is 3.32. The van der Waals surface area contributed by atoms with Gasteiger partial charge in [0.15, 0.2) is 11.5 Å². The highest BCUT2D eigenvalue weighted by atomic mass is 32.2. The second-order valence-electron chi connectivity index (χ2n) is 6.58. The van der Waals surface area contributed by atoms with Gasteiger partial charge >= 0.3 is 0 Å². The number of hydrogen-bond donors (Lipinski definition) is 2. The number of nitrogens with one attached hydrogen (secondary N) is 2. The van der Waals surface area contributed by atoms with Crippen LogP contribution >= 0.6 is 0 Å². The molecule has 160 valence electrons. The van der Waals surface area contributed by atoms with Gasteiger partial charge < -0.3 is 9.47 Å². The Morgan fingerprint density at radius 1 is 0.900 bits per heavy atom. The smallest absolute Gasteiger partial charge is 0.273 e. The summed E-state index contributed by atoms with van der Waals surface area (Å²) in [6.07, 6.45) is 1.69. The van der Waals surface area contributed by atoms with Gasteiger partial charge in [0.1, 0.15) is 0 Å². The monoisotopic (exact) mass is 433 g/mol. The highest BCUT2D eigenvalue weighted by Gasteiger charge is 2.27. The quantitative estimate of drug-likeness (QED) is 0.669. The average molecular weight is 433 g/mol. The number of hydrazine groups is 1. The van der Waals surface area contributed by atoms with Crippen molar-refractivity contribution in [2.45, 2.75) is 17.7 Å². The van der Waals surface area contributed by atoms with E-state index in [4.69, 9.17) is 9.47 Å². The molecule has 0 aliphatic carbocycles. The molecule has 1 saturated heterocycles. The van der Waals surface area contributed by atoms with Crippen molar-refractivity contribution < 1.29 is 27.5 Å². The number of carbonyl (C=O) groups is 2. The van der Waals surface area contributed by atoms with Gasteiger partial charge in [0.25, 0.3) is 11.8 Å². The molecule has 1 heterocycles. The van der Waals surface area contributed by atoms with Crippen LogP contribution in [0.25, 0.3) is 0 Å². The summed E-state index contributed by atoms with van der Waals surface area (Å²) in [5.41, 5.74) is 5.00. The van der Waals surface area contributed by atoms with Crippen LogP contribution in [0.5, 0.6) is 11.5 Å². The Bertz CT molecular complexity index is 1030. The Morgan fingerprint density at radius 3 is 2.13 bits per heavy atom. The van der Waals surface area contributed by atoms with E-state index in [1.54, 1.807) is 12.1 Å². The van der Waals surface area contributed by atoms with E-state index in [0.717, 1.165) is 12.8 Å². The standard InChI is InChI=1S/C20H23N3O6S/c1-28-17-7-5-6-16(18(17)29-2)20(25)22-21-19(24)14-8-10-15(11-9-14)30(26,27)23-12-3-4-13-23/h5-11H,3-4,12-13H2,1-2H3,(H,21,24)(H,22,25). The summed E-state index contributed by atoms with van der Waals surface area (Å²) in [5.74, 6) is -0.558. The van der Waals surface area contributed by atoms with Gasteiger partial charge in [0, 0.05) is 18.7 Å².